The van der Waals surface area contributed by atoms with Gasteiger partial charge < -0.3 is 4.57 Å². The summed E-state index contributed by atoms with van der Waals surface area (Å²) in [6.07, 6.45) is 0. The molecule has 8 aromatic rings. The van der Waals surface area contributed by atoms with Crippen molar-refractivity contribution in [2.45, 2.75) is 0 Å². The number of para-hydroxylation sites is 2. The lowest BCUT2D eigenvalue weighted by atomic mass is 9.99. The molecule has 0 aliphatic heterocycles. The van der Waals surface area contributed by atoms with Gasteiger partial charge in [0.1, 0.15) is 0 Å². The maximum absolute atomic E-state index is 5.11. The summed E-state index contributed by atoms with van der Waals surface area (Å²) in [5, 5.41) is 2.56. The second-order valence-corrected chi connectivity index (χ2v) is 11.0. The highest BCUT2D eigenvalue weighted by molar-refractivity contribution is 7.27. The lowest BCUT2D eigenvalue weighted by molar-refractivity contribution is 1.19. The number of aromatic nitrogens is 2. The van der Waals surface area contributed by atoms with Gasteiger partial charge in [-0.2, -0.15) is 0 Å². The molecule has 5 aromatic carbocycles. The fraction of sp³-hybridized carbons (Fsp3) is 0. The summed E-state index contributed by atoms with van der Waals surface area (Å²) in [6.45, 7) is 0. The summed E-state index contributed by atoms with van der Waals surface area (Å²) in [4.78, 5) is 5.11. The topological polar surface area (TPSA) is 17.8 Å². The van der Waals surface area contributed by atoms with Crippen LogP contribution in [0.1, 0.15) is 0 Å². The van der Waals surface area contributed by atoms with Crippen molar-refractivity contribution < 1.29 is 0 Å². The minimum atomic E-state index is 0.981. The highest BCUT2D eigenvalue weighted by Crippen LogP contribution is 2.46. The minimum Gasteiger partial charge on any atom is -0.308 e. The van der Waals surface area contributed by atoms with Crippen LogP contribution >= 0.6 is 11.3 Å². The lowest BCUT2D eigenvalue weighted by Gasteiger charge is -2.12. The van der Waals surface area contributed by atoms with Crippen LogP contribution in [-0.2, 0) is 0 Å². The second-order valence-electron chi connectivity index (χ2n) is 10.0. The van der Waals surface area contributed by atoms with E-state index in [4.69, 9.17) is 4.98 Å². The number of thiophene rings is 1. The first-order chi connectivity index (χ1) is 19.8. The van der Waals surface area contributed by atoms with Crippen molar-refractivity contribution >= 4 is 42.5 Å². The zero-order valence-electron chi connectivity index (χ0n) is 21.7. The van der Waals surface area contributed by atoms with Crippen molar-refractivity contribution in [1.29, 1.82) is 0 Å². The molecule has 40 heavy (non-hydrogen) atoms. The summed E-state index contributed by atoms with van der Waals surface area (Å²) in [7, 11) is 0. The van der Waals surface area contributed by atoms with Gasteiger partial charge in [-0.3, -0.25) is 0 Å². The van der Waals surface area contributed by atoms with Crippen molar-refractivity contribution in [2.24, 2.45) is 0 Å². The molecular formula is C37H24N2S. The Balaban J connectivity index is 1.43. The van der Waals surface area contributed by atoms with Crippen molar-refractivity contribution in [3.63, 3.8) is 0 Å². The van der Waals surface area contributed by atoms with E-state index in [0.29, 0.717) is 0 Å². The smallest absolute Gasteiger partial charge is 0.0727 e. The van der Waals surface area contributed by atoms with Gasteiger partial charge in [0.15, 0.2) is 0 Å². The van der Waals surface area contributed by atoms with Gasteiger partial charge in [-0.15, -0.1) is 11.3 Å². The Hall–Kier alpha value is -4.99. The monoisotopic (exact) mass is 528 g/mol. The van der Waals surface area contributed by atoms with Crippen LogP contribution in [0.3, 0.4) is 0 Å². The van der Waals surface area contributed by atoms with Gasteiger partial charge in [0.2, 0.25) is 0 Å². The average Bonchev–Trinajstić information content (AvgIpc) is 3.57. The van der Waals surface area contributed by atoms with Gasteiger partial charge in [-0.05, 0) is 41.5 Å². The van der Waals surface area contributed by atoms with Crippen LogP contribution in [0.15, 0.2) is 146 Å². The van der Waals surface area contributed by atoms with Gasteiger partial charge in [0.05, 0.1) is 27.1 Å². The molecule has 0 radical (unpaired) electrons. The molecule has 0 N–H and O–H groups in total. The maximum atomic E-state index is 5.11. The third-order valence-corrected chi connectivity index (χ3v) is 8.85. The van der Waals surface area contributed by atoms with Gasteiger partial charge in [-0.1, -0.05) is 115 Å². The van der Waals surface area contributed by atoms with Gasteiger partial charge in [0, 0.05) is 32.3 Å². The summed E-state index contributed by atoms with van der Waals surface area (Å²) in [6, 6.07) is 51.6. The lowest BCUT2D eigenvalue weighted by Crippen LogP contribution is -1.93. The van der Waals surface area contributed by atoms with Crippen molar-refractivity contribution in [2.75, 3.05) is 0 Å². The molecule has 0 spiro atoms. The Labute approximate surface area is 236 Å². The van der Waals surface area contributed by atoms with E-state index in [0.717, 1.165) is 22.5 Å². The minimum absolute atomic E-state index is 0.981. The maximum Gasteiger partial charge on any atom is 0.0727 e. The molecule has 0 saturated carbocycles. The Bertz CT molecular complexity index is 2080. The first kappa shape index (κ1) is 22.9. The Morgan fingerprint density at radius 1 is 0.475 bits per heavy atom. The number of pyridine rings is 1. The molecule has 188 valence electrons. The molecule has 0 saturated heterocycles. The van der Waals surface area contributed by atoms with Gasteiger partial charge in [0.25, 0.3) is 0 Å². The molecular weight excluding hydrogens is 504 g/mol. The van der Waals surface area contributed by atoms with E-state index in [1.54, 1.807) is 0 Å². The van der Waals surface area contributed by atoms with Crippen molar-refractivity contribution in [3.8, 4) is 39.3 Å². The molecule has 0 aliphatic rings. The highest BCUT2D eigenvalue weighted by Gasteiger charge is 2.20. The van der Waals surface area contributed by atoms with Crippen LogP contribution in [-0.4, -0.2) is 9.55 Å². The molecule has 2 nitrogen and oxygen atoms in total. The molecule has 0 atom stereocenters. The normalized spacial score (nSPS) is 11.5. The molecule has 0 fully saturated rings. The van der Waals surface area contributed by atoms with Gasteiger partial charge in [-0.25, -0.2) is 4.98 Å². The molecule has 0 bridgehead atoms. The Morgan fingerprint density at radius 2 is 1.05 bits per heavy atom. The van der Waals surface area contributed by atoms with E-state index in [1.807, 2.05) is 11.3 Å². The SMILES string of the molecule is c1ccc(-c2cc(-c3cccc4c3sc3c5ccccc5n(-c5ccccc5)c43)cc(-c3ccccc3)n2)cc1. The first-order valence-corrected chi connectivity index (χ1v) is 14.3. The Kier molecular flexibility index (Phi) is 5.35. The predicted octanol–water partition coefficient (Wildman–Crippen LogP) is 10.4. The molecule has 3 heteroatoms. The largest absolute Gasteiger partial charge is 0.308 e. The first-order valence-electron chi connectivity index (χ1n) is 13.5. The van der Waals surface area contributed by atoms with E-state index >= 15 is 0 Å². The van der Waals surface area contributed by atoms with Crippen LogP contribution in [0, 0.1) is 0 Å². The fourth-order valence-corrected chi connectivity index (χ4v) is 7.12. The molecule has 0 aliphatic carbocycles. The number of hydrogen-bond donors (Lipinski definition) is 0. The van der Waals surface area contributed by atoms with Gasteiger partial charge >= 0.3 is 0 Å². The highest BCUT2D eigenvalue weighted by atomic mass is 32.1. The van der Waals surface area contributed by atoms with E-state index in [9.17, 15) is 0 Å². The average molecular weight is 529 g/mol. The summed E-state index contributed by atoms with van der Waals surface area (Å²) >= 11 is 1.89. The fourth-order valence-electron chi connectivity index (χ4n) is 5.76. The van der Waals surface area contributed by atoms with Crippen LogP contribution in [0.4, 0.5) is 0 Å². The molecule has 3 heterocycles. The number of nitrogens with zero attached hydrogens (tertiary/aromatic N) is 2. The third-order valence-electron chi connectivity index (χ3n) is 7.59. The molecule has 3 aromatic heterocycles. The van der Waals surface area contributed by atoms with Crippen LogP contribution < -0.4 is 0 Å². The number of fused-ring (bicyclic) bond motifs is 5. The van der Waals surface area contributed by atoms with Crippen LogP contribution in [0.25, 0.3) is 70.5 Å². The van der Waals surface area contributed by atoms with E-state index in [2.05, 4.69) is 150 Å². The van der Waals surface area contributed by atoms with Crippen LogP contribution in [0.5, 0.6) is 0 Å². The molecule has 8 rings (SSSR count). The number of benzene rings is 5. The van der Waals surface area contributed by atoms with E-state index in [-0.39, 0.29) is 0 Å². The quantitative estimate of drug-likeness (QED) is 0.222. The zero-order valence-corrected chi connectivity index (χ0v) is 22.5. The predicted molar refractivity (Wildman–Crippen MR) is 170 cm³/mol. The molecule has 0 amide bonds. The number of hydrogen-bond acceptors (Lipinski definition) is 2. The zero-order chi connectivity index (χ0) is 26.5. The van der Waals surface area contributed by atoms with Crippen molar-refractivity contribution in [1.82, 2.24) is 9.55 Å². The summed E-state index contributed by atoms with van der Waals surface area (Å²) < 4.78 is 5.04. The second kappa shape index (κ2) is 9.33. The third kappa shape index (κ3) is 3.67. The summed E-state index contributed by atoms with van der Waals surface area (Å²) in [5.41, 5.74) is 10.3. The Morgan fingerprint density at radius 3 is 1.73 bits per heavy atom. The van der Waals surface area contributed by atoms with E-state index in [1.165, 1.54) is 48.0 Å². The van der Waals surface area contributed by atoms with Crippen molar-refractivity contribution in [3.05, 3.63) is 146 Å². The summed E-state index contributed by atoms with van der Waals surface area (Å²) in [5.74, 6) is 0. The van der Waals surface area contributed by atoms with E-state index < -0.39 is 0 Å². The molecule has 0 unspecified atom stereocenters. The number of rotatable bonds is 4. The standard InChI is InChI=1S/C37H24N2S/c1-4-13-25(14-5-1)32-23-27(24-33(38-32)26-15-6-2-7-16-26)29-20-12-21-31-35-37(40-36(29)31)30-19-10-11-22-34(30)39(35)28-17-8-3-9-18-28/h1-24H. The van der Waals surface area contributed by atoms with Crippen LogP contribution in [0.2, 0.25) is 0 Å².